The van der Waals surface area contributed by atoms with Gasteiger partial charge in [0.2, 0.25) is 0 Å². The summed E-state index contributed by atoms with van der Waals surface area (Å²) in [5.41, 5.74) is 0.987. The van der Waals surface area contributed by atoms with Gasteiger partial charge in [-0.15, -0.1) is 0 Å². The van der Waals surface area contributed by atoms with Crippen LogP contribution in [0, 0.1) is 0 Å². The number of carboxylic acids is 1. The van der Waals surface area contributed by atoms with Crippen LogP contribution in [0.2, 0.25) is 0 Å². The van der Waals surface area contributed by atoms with Gasteiger partial charge in [0.1, 0.15) is 0 Å². The minimum atomic E-state index is -0.911. The molecule has 3 nitrogen and oxygen atoms in total. The Morgan fingerprint density at radius 1 is 1.44 bits per heavy atom. The first kappa shape index (κ1) is 15.0. The van der Waals surface area contributed by atoms with E-state index in [1.807, 2.05) is 12.1 Å². The molecule has 0 aliphatic rings. The Morgan fingerprint density at radius 3 is 2.78 bits per heavy atom. The number of carbonyl (C=O) groups is 1. The lowest BCUT2D eigenvalue weighted by Gasteiger charge is -2.17. The minimum absolute atomic E-state index is 0.281. The minimum Gasteiger partial charge on any atom is -0.478 e. The van der Waals surface area contributed by atoms with Crippen molar-refractivity contribution in [2.24, 2.45) is 0 Å². The molecule has 0 amide bonds. The van der Waals surface area contributed by atoms with E-state index in [1.54, 1.807) is 6.07 Å². The topological polar surface area (TPSA) is 49.3 Å². The van der Waals surface area contributed by atoms with Crippen molar-refractivity contribution in [1.29, 1.82) is 0 Å². The molecule has 0 fully saturated rings. The number of benzene rings is 1. The molecule has 0 aliphatic carbocycles. The first-order valence-corrected chi connectivity index (χ1v) is 7.14. The van der Waals surface area contributed by atoms with E-state index < -0.39 is 5.97 Å². The number of nitrogens with one attached hydrogen (secondary N) is 1. The van der Waals surface area contributed by atoms with Gasteiger partial charge < -0.3 is 10.4 Å². The molecule has 1 rings (SSSR count). The number of rotatable bonds is 7. The quantitative estimate of drug-likeness (QED) is 0.727. The normalized spacial score (nSPS) is 12.2. The Bertz CT molecular complexity index is 407. The van der Waals surface area contributed by atoms with E-state index in [1.165, 1.54) is 19.3 Å². The van der Waals surface area contributed by atoms with Gasteiger partial charge in [0.25, 0.3) is 0 Å². The van der Waals surface area contributed by atoms with Crippen LogP contribution in [0.5, 0.6) is 0 Å². The van der Waals surface area contributed by atoms with Crippen molar-refractivity contribution in [3.8, 4) is 0 Å². The van der Waals surface area contributed by atoms with Crippen LogP contribution < -0.4 is 5.32 Å². The van der Waals surface area contributed by atoms with Crippen LogP contribution >= 0.6 is 15.9 Å². The predicted octanol–water partition coefficient (Wildman–Crippen LogP) is 4.53. The van der Waals surface area contributed by atoms with Gasteiger partial charge in [0.05, 0.1) is 11.3 Å². The average Bonchev–Trinajstić information content (AvgIpc) is 2.28. The smallest absolute Gasteiger partial charge is 0.338 e. The zero-order valence-corrected chi connectivity index (χ0v) is 12.5. The van der Waals surface area contributed by atoms with E-state index in [4.69, 9.17) is 0 Å². The predicted molar refractivity (Wildman–Crippen MR) is 78.3 cm³/mol. The SMILES string of the molecule is CCCCCC(C)Nc1cccc(Br)c1C(=O)O. The van der Waals surface area contributed by atoms with Crippen molar-refractivity contribution in [3.05, 3.63) is 28.2 Å². The molecule has 0 radical (unpaired) electrons. The molecule has 0 bridgehead atoms. The summed E-state index contributed by atoms with van der Waals surface area (Å²) < 4.78 is 0.612. The third-order valence-electron chi connectivity index (χ3n) is 2.87. The van der Waals surface area contributed by atoms with E-state index in [2.05, 4.69) is 35.1 Å². The third kappa shape index (κ3) is 4.33. The summed E-state index contributed by atoms with van der Waals surface area (Å²) in [6.07, 6.45) is 4.64. The van der Waals surface area contributed by atoms with Gasteiger partial charge in [-0.05, 0) is 41.4 Å². The number of halogens is 1. The van der Waals surface area contributed by atoms with Crippen LogP contribution in [0.25, 0.3) is 0 Å². The molecule has 1 aromatic carbocycles. The second-order valence-corrected chi connectivity index (χ2v) is 5.36. The molecule has 0 heterocycles. The second kappa shape index (κ2) is 7.41. The molecule has 4 heteroatoms. The van der Waals surface area contributed by atoms with E-state index in [0.29, 0.717) is 15.7 Å². The zero-order valence-electron chi connectivity index (χ0n) is 10.9. The summed E-state index contributed by atoms with van der Waals surface area (Å²) in [7, 11) is 0. The molecular weight excluding hydrogens is 294 g/mol. The highest BCUT2D eigenvalue weighted by molar-refractivity contribution is 9.10. The number of aromatic carboxylic acids is 1. The Hall–Kier alpha value is -1.03. The van der Waals surface area contributed by atoms with Crippen LogP contribution in [0.3, 0.4) is 0 Å². The van der Waals surface area contributed by atoms with E-state index in [9.17, 15) is 9.90 Å². The number of hydrogen-bond donors (Lipinski definition) is 2. The fourth-order valence-corrected chi connectivity index (χ4v) is 2.44. The van der Waals surface area contributed by atoms with Crippen LogP contribution in [-0.4, -0.2) is 17.1 Å². The van der Waals surface area contributed by atoms with Crippen molar-refractivity contribution < 1.29 is 9.90 Å². The standard InChI is InChI=1S/C14H20BrNO2/c1-3-4-5-7-10(2)16-12-9-6-8-11(15)13(12)14(17)18/h6,8-10,16H,3-5,7H2,1-2H3,(H,17,18). The molecule has 2 N–H and O–H groups in total. The van der Waals surface area contributed by atoms with Crippen molar-refractivity contribution in [2.45, 2.75) is 45.6 Å². The first-order valence-electron chi connectivity index (χ1n) is 6.34. The second-order valence-electron chi connectivity index (χ2n) is 4.51. The Kier molecular flexibility index (Phi) is 6.19. The van der Waals surface area contributed by atoms with Crippen molar-refractivity contribution in [3.63, 3.8) is 0 Å². The maximum Gasteiger partial charge on any atom is 0.338 e. The lowest BCUT2D eigenvalue weighted by atomic mass is 10.1. The summed E-state index contributed by atoms with van der Waals surface area (Å²) in [5.74, 6) is -0.911. The fraction of sp³-hybridized carbons (Fsp3) is 0.500. The summed E-state index contributed by atoms with van der Waals surface area (Å²) in [5, 5.41) is 12.5. The summed E-state index contributed by atoms with van der Waals surface area (Å²) in [6.45, 7) is 4.26. The molecule has 100 valence electrons. The van der Waals surface area contributed by atoms with Crippen LogP contribution in [0.1, 0.15) is 49.9 Å². The van der Waals surface area contributed by atoms with Gasteiger partial charge in [0, 0.05) is 10.5 Å². The van der Waals surface area contributed by atoms with Gasteiger partial charge in [-0.2, -0.15) is 0 Å². The maximum atomic E-state index is 11.2. The Balaban J connectivity index is 2.72. The number of carboxylic acid groups (broad SMARTS) is 1. The van der Waals surface area contributed by atoms with Crippen LogP contribution in [0.4, 0.5) is 5.69 Å². The molecule has 18 heavy (non-hydrogen) atoms. The van der Waals surface area contributed by atoms with Gasteiger partial charge in [-0.1, -0.05) is 32.3 Å². The monoisotopic (exact) mass is 313 g/mol. The highest BCUT2D eigenvalue weighted by atomic mass is 79.9. The number of anilines is 1. The largest absolute Gasteiger partial charge is 0.478 e. The van der Waals surface area contributed by atoms with E-state index in [0.717, 1.165) is 6.42 Å². The van der Waals surface area contributed by atoms with Crippen molar-refractivity contribution >= 4 is 27.6 Å². The molecule has 0 saturated heterocycles. The number of unbranched alkanes of at least 4 members (excludes halogenated alkanes) is 2. The lowest BCUT2D eigenvalue weighted by Crippen LogP contribution is -2.17. The van der Waals surface area contributed by atoms with Crippen LogP contribution in [-0.2, 0) is 0 Å². The molecule has 0 spiro atoms. The number of hydrogen-bond acceptors (Lipinski definition) is 2. The Labute approximate surface area is 117 Å². The molecule has 1 aromatic rings. The molecule has 1 unspecified atom stereocenters. The molecule has 0 aliphatic heterocycles. The molecule has 0 saturated carbocycles. The van der Waals surface area contributed by atoms with Gasteiger partial charge in [-0.3, -0.25) is 0 Å². The molecule has 0 aromatic heterocycles. The fourth-order valence-electron chi connectivity index (χ4n) is 1.90. The third-order valence-corrected chi connectivity index (χ3v) is 3.53. The van der Waals surface area contributed by atoms with E-state index in [-0.39, 0.29) is 6.04 Å². The summed E-state index contributed by atoms with van der Waals surface area (Å²) in [4.78, 5) is 11.2. The highest BCUT2D eigenvalue weighted by Crippen LogP contribution is 2.25. The molecular formula is C14H20BrNO2. The van der Waals surface area contributed by atoms with Gasteiger partial charge >= 0.3 is 5.97 Å². The summed E-state index contributed by atoms with van der Waals surface area (Å²) in [6, 6.07) is 5.68. The zero-order chi connectivity index (χ0) is 13.5. The average molecular weight is 314 g/mol. The van der Waals surface area contributed by atoms with E-state index >= 15 is 0 Å². The van der Waals surface area contributed by atoms with Crippen molar-refractivity contribution in [1.82, 2.24) is 0 Å². The molecule has 1 atom stereocenters. The van der Waals surface area contributed by atoms with Gasteiger partial charge in [-0.25, -0.2) is 4.79 Å². The highest BCUT2D eigenvalue weighted by Gasteiger charge is 2.15. The summed E-state index contributed by atoms with van der Waals surface area (Å²) >= 11 is 3.28. The Morgan fingerprint density at radius 2 is 2.17 bits per heavy atom. The van der Waals surface area contributed by atoms with Gasteiger partial charge in [0.15, 0.2) is 0 Å². The van der Waals surface area contributed by atoms with Crippen LogP contribution in [0.15, 0.2) is 22.7 Å². The maximum absolute atomic E-state index is 11.2. The first-order chi connectivity index (χ1) is 8.56. The lowest BCUT2D eigenvalue weighted by molar-refractivity contribution is 0.0697. The van der Waals surface area contributed by atoms with Crippen molar-refractivity contribution in [2.75, 3.05) is 5.32 Å².